The normalized spacial score (nSPS) is 15.8. The van der Waals surface area contributed by atoms with Crippen LogP contribution in [0.2, 0.25) is 5.02 Å². The maximum Gasteiger partial charge on any atom is 0.247 e. The third-order valence-electron chi connectivity index (χ3n) is 5.01. The van der Waals surface area contributed by atoms with Crippen LogP contribution in [0.3, 0.4) is 0 Å². The van der Waals surface area contributed by atoms with Gasteiger partial charge in [0, 0.05) is 17.1 Å². The standard InChI is InChI=1S/C24H27ClN2O4S/c1-2-3-4-5-14-31-20-12-10-19(11-13-20)27-23(29)15-21(24(27)30)32-16-22(28)26-18-8-6-17(25)7-9-18/h6-13,21H,2-5,14-16H2,1H3,(H,26,28)/t21-/m1/s1. The molecule has 3 rings (SSSR count). The zero-order valence-electron chi connectivity index (χ0n) is 18.0. The van der Waals surface area contributed by atoms with E-state index < -0.39 is 5.25 Å². The lowest BCUT2D eigenvalue weighted by molar-refractivity contribution is -0.121. The lowest BCUT2D eigenvalue weighted by Crippen LogP contribution is -2.31. The molecular weight excluding hydrogens is 448 g/mol. The van der Waals surface area contributed by atoms with Gasteiger partial charge < -0.3 is 10.1 Å². The SMILES string of the molecule is CCCCCCOc1ccc(N2C(=O)C[C@@H](SCC(=O)Nc3ccc(Cl)cc3)C2=O)cc1. The number of nitrogens with zero attached hydrogens (tertiary/aromatic N) is 1. The van der Waals surface area contributed by atoms with Crippen molar-refractivity contribution in [2.24, 2.45) is 0 Å². The van der Waals surface area contributed by atoms with Gasteiger partial charge in [-0.05, 0) is 55.0 Å². The Bertz CT molecular complexity index is 934. The first kappa shape index (κ1) is 24.1. The molecule has 2 aromatic carbocycles. The molecule has 0 unspecified atom stereocenters. The minimum Gasteiger partial charge on any atom is -0.494 e. The van der Waals surface area contributed by atoms with E-state index in [1.807, 2.05) is 0 Å². The molecule has 0 radical (unpaired) electrons. The summed E-state index contributed by atoms with van der Waals surface area (Å²) in [4.78, 5) is 38.6. The van der Waals surface area contributed by atoms with Crippen LogP contribution >= 0.6 is 23.4 Å². The number of carbonyl (C=O) groups is 3. The summed E-state index contributed by atoms with van der Waals surface area (Å²) >= 11 is 7.01. The number of benzene rings is 2. The number of ether oxygens (including phenoxy) is 1. The smallest absolute Gasteiger partial charge is 0.247 e. The molecule has 1 heterocycles. The first-order valence-electron chi connectivity index (χ1n) is 10.7. The highest BCUT2D eigenvalue weighted by atomic mass is 35.5. The highest BCUT2D eigenvalue weighted by Crippen LogP contribution is 2.30. The van der Waals surface area contributed by atoms with Crippen molar-refractivity contribution in [3.05, 3.63) is 53.6 Å². The number of anilines is 2. The van der Waals surface area contributed by atoms with E-state index >= 15 is 0 Å². The summed E-state index contributed by atoms with van der Waals surface area (Å²) in [5.74, 6) is -0.0118. The molecule has 0 aliphatic carbocycles. The van der Waals surface area contributed by atoms with Crippen molar-refractivity contribution in [3.8, 4) is 5.75 Å². The molecule has 1 saturated heterocycles. The van der Waals surface area contributed by atoms with Gasteiger partial charge in [-0.3, -0.25) is 14.4 Å². The summed E-state index contributed by atoms with van der Waals surface area (Å²) in [6.45, 7) is 2.82. The number of thioether (sulfide) groups is 1. The van der Waals surface area contributed by atoms with Gasteiger partial charge in [-0.15, -0.1) is 11.8 Å². The number of carbonyl (C=O) groups excluding carboxylic acids is 3. The van der Waals surface area contributed by atoms with E-state index in [-0.39, 0.29) is 29.9 Å². The molecule has 8 heteroatoms. The van der Waals surface area contributed by atoms with Gasteiger partial charge in [0.05, 0.1) is 23.3 Å². The number of nitrogens with one attached hydrogen (secondary N) is 1. The van der Waals surface area contributed by atoms with Crippen LogP contribution in [0.25, 0.3) is 0 Å². The molecule has 1 aliphatic rings. The van der Waals surface area contributed by atoms with Crippen molar-refractivity contribution in [1.29, 1.82) is 0 Å². The van der Waals surface area contributed by atoms with E-state index in [1.54, 1.807) is 48.5 Å². The van der Waals surface area contributed by atoms with Crippen molar-refractivity contribution in [3.63, 3.8) is 0 Å². The number of rotatable bonds is 11. The molecular formula is C24H27ClN2O4S. The van der Waals surface area contributed by atoms with Gasteiger partial charge in [0.2, 0.25) is 17.7 Å². The molecule has 1 N–H and O–H groups in total. The van der Waals surface area contributed by atoms with E-state index in [2.05, 4.69) is 12.2 Å². The van der Waals surface area contributed by atoms with E-state index in [4.69, 9.17) is 16.3 Å². The third kappa shape index (κ3) is 6.74. The Morgan fingerprint density at radius 1 is 1.09 bits per heavy atom. The minimum atomic E-state index is -0.576. The Morgan fingerprint density at radius 2 is 1.81 bits per heavy atom. The Balaban J connectivity index is 1.49. The molecule has 1 atom stereocenters. The second kappa shape index (κ2) is 11.9. The molecule has 2 aromatic rings. The predicted molar refractivity (Wildman–Crippen MR) is 130 cm³/mol. The largest absolute Gasteiger partial charge is 0.494 e. The fourth-order valence-electron chi connectivity index (χ4n) is 3.32. The van der Waals surface area contributed by atoms with Crippen LogP contribution in [-0.4, -0.2) is 35.3 Å². The van der Waals surface area contributed by atoms with Gasteiger partial charge in [-0.1, -0.05) is 37.8 Å². The number of imide groups is 1. The van der Waals surface area contributed by atoms with Crippen LogP contribution in [0.15, 0.2) is 48.5 Å². The Labute approximate surface area is 197 Å². The minimum absolute atomic E-state index is 0.0744. The maximum atomic E-state index is 12.8. The van der Waals surface area contributed by atoms with Crippen molar-refractivity contribution >= 4 is 52.5 Å². The van der Waals surface area contributed by atoms with E-state index in [1.165, 1.54) is 29.5 Å². The lowest BCUT2D eigenvalue weighted by atomic mass is 10.2. The van der Waals surface area contributed by atoms with Crippen molar-refractivity contribution in [2.75, 3.05) is 22.6 Å². The van der Waals surface area contributed by atoms with E-state index in [0.717, 1.165) is 12.8 Å². The summed E-state index contributed by atoms with van der Waals surface area (Å²) in [7, 11) is 0. The Morgan fingerprint density at radius 3 is 2.50 bits per heavy atom. The topological polar surface area (TPSA) is 75.7 Å². The molecule has 32 heavy (non-hydrogen) atoms. The number of halogens is 1. The molecule has 1 aliphatic heterocycles. The fourth-order valence-corrected chi connectivity index (χ4v) is 4.38. The van der Waals surface area contributed by atoms with Crippen LogP contribution in [-0.2, 0) is 14.4 Å². The first-order chi connectivity index (χ1) is 15.5. The van der Waals surface area contributed by atoms with Crippen LogP contribution < -0.4 is 15.0 Å². The number of hydrogen-bond donors (Lipinski definition) is 1. The second-order valence-corrected chi connectivity index (χ2v) is 9.16. The average Bonchev–Trinajstić information content (AvgIpc) is 3.07. The summed E-state index contributed by atoms with van der Waals surface area (Å²) in [6.07, 6.45) is 4.60. The van der Waals surface area contributed by atoms with Gasteiger partial charge in [-0.2, -0.15) is 0 Å². The van der Waals surface area contributed by atoms with Gasteiger partial charge >= 0.3 is 0 Å². The molecule has 6 nitrogen and oxygen atoms in total. The van der Waals surface area contributed by atoms with Gasteiger partial charge in [0.15, 0.2) is 0 Å². The van der Waals surface area contributed by atoms with Crippen molar-refractivity contribution in [1.82, 2.24) is 0 Å². The third-order valence-corrected chi connectivity index (χ3v) is 6.46. The zero-order chi connectivity index (χ0) is 22.9. The molecule has 0 aromatic heterocycles. The quantitative estimate of drug-likeness (QED) is 0.353. The lowest BCUT2D eigenvalue weighted by Gasteiger charge is -2.15. The average molecular weight is 475 g/mol. The Hall–Kier alpha value is -2.51. The maximum absolute atomic E-state index is 12.8. The summed E-state index contributed by atoms with van der Waals surface area (Å²) in [5.41, 5.74) is 1.15. The molecule has 0 bridgehead atoms. The van der Waals surface area contributed by atoms with Crippen LogP contribution in [0.1, 0.15) is 39.0 Å². The summed E-state index contributed by atoms with van der Waals surface area (Å²) < 4.78 is 5.72. The van der Waals surface area contributed by atoms with E-state index in [0.29, 0.717) is 28.8 Å². The summed E-state index contributed by atoms with van der Waals surface area (Å²) in [6, 6.07) is 13.8. The van der Waals surface area contributed by atoms with E-state index in [9.17, 15) is 14.4 Å². The first-order valence-corrected chi connectivity index (χ1v) is 12.2. The Kier molecular flexibility index (Phi) is 9.00. The highest BCUT2D eigenvalue weighted by Gasteiger charge is 2.40. The fraction of sp³-hybridized carbons (Fsp3) is 0.375. The predicted octanol–water partition coefficient (Wildman–Crippen LogP) is 5.30. The second-order valence-electron chi connectivity index (χ2n) is 7.53. The monoisotopic (exact) mass is 474 g/mol. The number of amides is 3. The molecule has 1 fully saturated rings. The molecule has 0 spiro atoms. The van der Waals surface area contributed by atoms with Crippen LogP contribution in [0.4, 0.5) is 11.4 Å². The van der Waals surface area contributed by atoms with Crippen LogP contribution in [0.5, 0.6) is 5.75 Å². The van der Waals surface area contributed by atoms with Gasteiger partial charge in [0.25, 0.3) is 0 Å². The van der Waals surface area contributed by atoms with Crippen LogP contribution in [0, 0.1) is 0 Å². The zero-order valence-corrected chi connectivity index (χ0v) is 19.6. The highest BCUT2D eigenvalue weighted by molar-refractivity contribution is 8.01. The van der Waals surface area contributed by atoms with Crippen molar-refractivity contribution < 1.29 is 19.1 Å². The summed E-state index contributed by atoms with van der Waals surface area (Å²) in [5, 5.41) is 2.76. The number of unbranched alkanes of at least 4 members (excludes halogenated alkanes) is 3. The molecule has 170 valence electrons. The number of hydrogen-bond acceptors (Lipinski definition) is 5. The van der Waals surface area contributed by atoms with Gasteiger partial charge in [-0.25, -0.2) is 4.90 Å². The van der Waals surface area contributed by atoms with Gasteiger partial charge in [0.1, 0.15) is 5.75 Å². The molecule has 0 saturated carbocycles. The molecule has 3 amide bonds. The van der Waals surface area contributed by atoms with Crippen molar-refractivity contribution in [2.45, 2.75) is 44.3 Å².